The summed E-state index contributed by atoms with van der Waals surface area (Å²) in [6.45, 7) is 2.19. The number of halogens is 2. The Hall–Kier alpha value is -1.53. The fourth-order valence-electron chi connectivity index (χ4n) is 3.05. The molecule has 4 nitrogen and oxygen atoms in total. The molecular weight excluding hydrogens is 290 g/mol. The Labute approximate surface area is 128 Å². The van der Waals surface area contributed by atoms with E-state index in [0.29, 0.717) is 25.3 Å². The van der Waals surface area contributed by atoms with Crippen LogP contribution >= 0.6 is 0 Å². The van der Waals surface area contributed by atoms with Crippen LogP contribution in [0.25, 0.3) is 0 Å². The molecule has 2 fully saturated rings. The number of amides is 1. The van der Waals surface area contributed by atoms with Crippen molar-refractivity contribution in [3.63, 3.8) is 0 Å². The number of morpholine rings is 1. The molecule has 22 heavy (non-hydrogen) atoms. The Kier molecular flexibility index (Phi) is 4.69. The third kappa shape index (κ3) is 3.28. The van der Waals surface area contributed by atoms with Crippen molar-refractivity contribution in [2.75, 3.05) is 26.2 Å². The van der Waals surface area contributed by atoms with E-state index < -0.39 is 17.7 Å². The van der Waals surface area contributed by atoms with Gasteiger partial charge in [-0.1, -0.05) is 12.5 Å². The van der Waals surface area contributed by atoms with E-state index in [4.69, 9.17) is 4.74 Å². The summed E-state index contributed by atoms with van der Waals surface area (Å²) < 4.78 is 32.0. The molecule has 2 heterocycles. The largest absolute Gasteiger partial charge is 0.370 e. The third-order valence-corrected chi connectivity index (χ3v) is 4.30. The smallest absolute Gasteiger partial charge is 0.239 e. The van der Waals surface area contributed by atoms with Crippen LogP contribution in [0.1, 0.15) is 30.9 Å². The van der Waals surface area contributed by atoms with Crippen molar-refractivity contribution in [1.82, 2.24) is 10.2 Å². The molecular formula is C16H20F2N2O2. The summed E-state index contributed by atoms with van der Waals surface area (Å²) in [6, 6.07) is 3.62. The second kappa shape index (κ2) is 6.71. The summed E-state index contributed by atoms with van der Waals surface area (Å²) in [5, 5.41) is 3.25. The maximum absolute atomic E-state index is 13.4. The van der Waals surface area contributed by atoms with Gasteiger partial charge >= 0.3 is 0 Å². The summed E-state index contributed by atoms with van der Waals surface area (Å²) in [7, 11) is 0. The van der Waals surface area contributed by atoms with Crippen molar-refractivity contribution in [2.45, 2.75) is 31.4 Å². The first kappa shape index (κ1) is 15.4. The molecule has 1 N–H and O–H groups in total. The second-order valence-electron chi connectivity index (χ2n) is 5.82. The summed E-state index contributed by atoms with van der Waals surface area (Å²) >= 11 is 0. The van der Waals surface area contributed by atoms with Crippen LogP contribution in [0, 0.1) is 11.6 Å². The Morgan fingerprint density at radius 3 is 2.86 bits per heavy atom. The number of nitrogens with zero attached hydrogens (tertiary/aromatic N) is 1. The van der Waals surface area contributed by atoms with E-state index in [2.05, 4.69) is 5.32 Å². The van der Waals surface area contributed by atoms with E-state index in [0.717, 1.165) is 37.9 Å². The quantitative estimate of drug-likeness (QED) is 0.908. The normalized spacial score (nSPS) is 26.0. The molecule has 0 spiro atoms. The van der Waals surface area contributed by atoms with Gasteiger partial charge in [-0.2, -0.15) is 0 Å². The van der Waals surface area contributed by atoms with Gasteiger partial charge in [0.2, 0.25) is 5.91 Å². The van der Waals surface area contributed by atoms with Crippen LogP contribution in [0.15, 0.2) is 18.2 Å². The first-order chi connectivity index (χ1) is 10.6. The summed E-state index contributed by atoms with van der Waals surface area (Å²) in [5.41, 5.74) is 0.563. The predicted octanol–water partition coefficient (Wildman–Crippen LogP) is 2.01. The average molecular weight is 310 g/mol. The molecule has 2 aliphatic rings. The fraction of sp³-hybridized carbons (Fsp3) is 0.562. The molecule has 6 heteroatoms. The molecule has 0 radical (unpaired) electrons. The first-order valence-corrected chi connectivity index (χ1v) is 7.74. The lowest BCUT2D eigenvalue weighted by Gasteiger charge is -2.36. The van der Waals surface area contributed by atoms with Gasteiger partial charge < -0.3 is 15.0 Å². The minimum atomic E-state index is -0.890. The molecule has 1 amide bonds. The van der Waals surface area contributed by atoms with Crippen LogP contribution in [-0.2, 0) is 9.53 Å². The second-order valence-corrected chi connectivity index (χ2v) is 5.82. The first-order valence-electron chi connectivity index (χ1n) is 7.74. The van der Waals surface area contributed by atoms with Gasteiger partial charge in [-0.15, -0.1) is 0 Å². The molecule has 1 aromatic carbocycles. The fourth-order valence-corrected chi connectivity index (χ4v) is 3.05. The minimum Gasteiger partial charge on any atom is -0.370 e. The van der Waals surface area contributed by atoms with Crippen molar-refractivity contribution >= 4 is 5.91 Å². The molecule has 0 saturated carbocycles. The van der Waals surface area contributed by atoms with Crippen molar-refractivity contribution in [2.24, 2.45) is 0 Å². The molecule has 0 bridgehead atoms. The van der Waals surface area contributed by atoms with Gasteiger partial charge in [0.05, 0.1) is 19.2 Å². The topological polar surface area (TPSA) is 41.6 Å². The van der Waals surface area contributed by atoms with Crippen LogP contribution in [0.2, 0.25) is 0 Å². The number of rotatable bonds is 2. The van der Waals surface area contributed by atoms with Crippen LogP contribution < -0.4 is 5.32 Å². The number of carbonyl (C=O) groups is 1. The van der Waals surface area contributed by atoms with E-state index in [1.807, 2.05) is 0 Å². The van der Waals surface area contributed by atoms with Gasteiger partial charge in [0.15, 0.2) is 11.6 Å². The number of hydrogen-bond acceptors (Lipinski definition) is 3. The number of ether oxygens (including phenoxy) is 1. The lowest BCUT2D eigenvalue weighted by Crippen LogP contribution is -2.52. The molecule has 2 atom stereocenters. The van der Waals surface area contributed by atoms with Gasteiger partial charge in [-0.3, -0.25) is 4.79 Å². The molecule has 3 rings (SSSR count). The number of benzene rings is 1. The highest BCUT2D eigenvalue weighted by atomic mass is 19.2. The van der Waals surface area contributed by atoms with Crippen LogP contribution in [-0.4, -0.2) is 43.1 Å². The van der Waals surface area contributed by atoms with Gasteiger partial charge in [0, 0.05) is 6.54 Å². The average Bonchev–Trinajstić information content (AvgIpc) is 2.57. The van der Waals surface area contributed by atoms with Gasteiger partial charge in [0.25, 0.3) is 0 Å². The number of hydrogen-bond donors (Lipinski definition) is 1. The van der Waals surface area contributed by atoms with Gasteiger partial charge in [0.1, 0.15) is 6.10 Å². The maximum Gasteiger partial charge on any atom is 0.239 e. The van der Waals surface area contributed by atoms with E-state index in [1.165, 1.54) is 6.07 Å². The van der Waals surface area contributed by atoms with Gasteiger partial charge in [-0.25, -0.2) is 8.78 Å². The highest BCUT2D eigenvalue weighted by Gasteiger charge is 2.30. The van der Waals surface area contributed by atoms with E-state index in [1.54, 1.807) is 4.90 Å². The number of carbonyl (C=O) groups excluding carboxylic acids is 1. The molecule has 0 aromatic heterocycles. The van der Waals surface area contributed by atoms with Crippen molar-refractivity contribution in [3.05, 3.63) is 35.4 Å². The highest BCUT2D eigenvalue weighted by Crippen LogP contribution is 2.24. The Balaban J connectivity index is 1.68. The summed E-state index contributed by atoms with van der Waals surface area (Å²) in [5.74, 6) is -1.69. The molecule has 1 aromatic rings. The summed E-state index contributed by atoms with van der Waals surface area (Å²) in [6.07, 6.45) is 2.60. The van der Waals surface area contributed by atoms with Gasteiger partial charge in [-0.05, 0) is 37.1 Å². The predicted molar refractivity (Wildman–Crippen MR) is 77.3 cm³/mol. The molecule has 2 unspecified atom stereocenters. The standard InChI is InChI=1S/C16H20F2N2O2/c17-12-5-4-11(9-13(12)18)15-10-20(7-8-22-15)16(21)14-3-1-2-6-19-14/h4-5,9,14-15,19H,1-3,6-8,10H2. The maximum atomic E-state index is 13.4. The number of nitrogens with one attached hydrogen (secondary N) is 1. The molecule has 2 saturated heterocycles. The highest BCUT2D eigenvalue weighted by molar-refractivity contribution is 5.82. The zero-order chi connectivity index (χ0) is 15.5. The van der Waals surface area contributed by atoms with E-state index in [-0.39, 0.29) is 11.9 Å². The third-order valence-electron chi connectivity index (χ3n) is 4.30. The zero-order valence-electron chi connectivity index (χ0n) is 12.4. The Morgan fingerprint density at radius 2 is 2.14 bits per heavy atom. The Bertz CT molecular complexity index is 547. The molecule has 2 aliphatic heterocycles. The van der Waals surface area contributed by atoms with Crippen LogP contribution in [0.5, 0.6) is 0 Å². The van der Waals surface area contributed by atoms with E-state index in [9.17, 15) is 13.6 Å². The summed E-state index contributed by atoms with van der Waals surface area (Å²) in [4.78, 5) is 14.3. The zero-order valence-corrected chi connectivity index (χ0v) is 12.4. The van der Waals surface area contributed by atoms with E-state index >= 15 is 0 Å². The monoisotopic (exact) mass is 310 g/mol. The van der Waals surface area contributed by atoms with Crippen LogP contribution in [0.4, 0.5) is 8.78 Å². The number of piperidine rings is 1. The lowest BCUT2D eigenvalue weighted by atomic mass is 10.0. The SMILES string of the molecule is O=C(C1CCCCN1)N1CCOC(c2ccc(F)c(F)c2)C1. The molecule has 120 valence electrons. The minimum absolute atomic E-state index is 0.0792. The molecule has 0 aliphatic carbocycles. The van der Waals surface area contributed by atoms with Crippen molar-refractivity contribution in [3.8, 4) is 0 Å². The van der Waals surface area contributed by atoms with Crippen molar-refractivity contribution in [1.29, 1.82) is 0 Å². The van der Waals surface area contributed by atoms with Crippen molar-refractivity contribution < 1.29 is 18.3 Å². The lowest BCUT2D eigenvalue weighted by molar-refractivity contribution is -0.141. The Morgan fingerprint density at radius 1 is 1.27 bits per heavy atom. The van der Waals surface area contributed by atoms with Crippen LogP contribution in [0.3, 0.4) is 0 Å².